The number of benzene rings is 2. The largest absolute Gasteiger partial charge is 0.465 e. The lowest BCUT2D eigenvalue weighted by Gasteiger charge is -2.33. The van der Waals surface area contributed by atoms with E-state index in [4.69, 9.17) is 9.47 Å². The van der Waals surface area contributed by atoms with E-state index in [2.05, 4.69) is 0 Å². The Bertz CT molecular complexity index is 1410. The predicted molar refractivity (Wildman–Crippen MR) is 137 cm³/mol. The number of esters is 1. The van der Waals surface area contributed by atoms with Gasteiger partial charge in [-0.25, -0.2) is 14.5 Å². The van der Waals surface area contributed by atoms with Crippen molar-refractivity contribution in [2.75, 3.05) is 32.3 Å². The van der Waals surface area contributed by atoms with Crippen molar-refractivity contribution in [3.63, 3.8) is 0 Å². The average Bonchev–Trinajstić information content (AvgIpc) is 3.18. The number of carbonyl (C=O) groups excluding carboxylic acids is 4. The second kappa shape index (κ2) is 10.6. The molecule has 0 radical (unpaired) electrons. The Morgan fingerprint density at radius 2 is 1.59 bits per heavy atom. The number of barbiturate groups is 1. The van der Waals surface area contributed by atoms with Crippen molar-refractivity contribution in [2.24, 2.45) is 0 Å². The van der Waals surface area contributed by atoms with Gasteiger partial charge in [0, 0.05) is 18.5 Å². The SMILES string of the molecule is COCCN1C(=O)/C(=C/c2cc(C)n(-c3ccccc3C(=O)OC)c2C)C(=O)N(c2ccccc2)C1=O. The number of methoxy groups -OCH3 is 2. The van der Waals surface area contributed by atoms with Gasteiger partial charge in [-0.2, -0.15) is 0 Å². The number of aromatic nitrogens is 1. The minimum absolute atomic E-state index is 0.00630. The number of ether oxygens (including phenoxy) is 2. The Kier molecular flexibility index (Phi) is 7.35. The molecule has 2 aromatic carbocycles. The quantitative estimate of drug-likeness (QED) is 0.277. The first-order valence-electron chi connectivity index (χ1n) is 11.6. The Morgan fingerprint density at radius 3 is 2.27 bits per heavy atom. The molecule has 3 aromatic rings. The number of anilines is 1. The standard InChI is InChI=1S/C28H27N3O6/c1-18-16-20(19(2)30(18)24-13-9-8-12-22(24)27(34)37-4)17-23-25(32)29(14-15-36-3)28(35)31(26(23)33)21-10-6-5-7-11-21/h5-13,16-17H,14-15H2,1-4H3/b23-17-. The van der Waals surface area contributed by atoms with Crippen LogP contribution < -0.4 is 4.90 Å². The molecule has 4 amide bonds. The number of carbonyl (C=O) groups is 4. The molecule has 0 saturated carbocycles. The number of urea groups is 1. The van der Waals surface area contributed by atoms with Gasteiger partial charge < -0.3 is 14.0 Å². The van der Waals surface area contributed by atoms with E-state index < -0.39 is 23.8 Å². The summed E-state index contributed by atoms with van der Waals surface area (Å²) in [5, 5.41) is 0. The topological polar surface area (TPSA) is 98.2 Å². The van der Waals surface area contributed by atoms with E-state index in [0.29, 0.717) is 28.2 Å². The van der Waals surface area contributed by atoms with Crippen LogP contribution in [0, 0.1) is 13.8 Å². The zero-order valence-electron chi connectivity index (χ0n) is 21.1. The highest BCUT2D eigenvalue weighted by molar-refractivity contribution is 6.39. The molecule has 1 aliphatic rings. The Labute approximate surface area is 214 Å². The van der Waals surface area contributed by atoms with Crippen LogP contribution in [0.5, 0.6) is 0 Å². The van der Waals surface area contributed by atoms with Gasteiger partial charge in [-0.15, -0.1) is 0 Å². The molecule has 0 unspecified atom stereocenters. The van der Waals surface area contributed by atoms with Gasteiger partial charge in [0.25, 0.3) is 11.8 Å². The van der Waals surface area contributed by atoms with Gasteiger partial charge in [-0.1, -0.05) is 30.3 Å². The van der Waals surface area contributed by atoms with Crippen molar-refractivity contribution in [3.8, 4) is 5.69 Å². The van der Waals surface area contributed by atoms with Gasteiger partial charge in [0.2, 0.25) is 0 Å². The maximum Gasteiger partial charge on any atom is 0.339 e. The van der Waals surface area contributed by atoms with Crippen molar-refractivity contribution in [2.45, 2.75) is 13.8 Å². The monoisotopic (exact) mass is 501 g/mol. The van der Waals surface area contributed by atoms with E-state index in [-0.39, 0.29) is 18.7 Å². The van der Waals surface area contributed by atoms with Crippen LogP contribution in [0.4, 0.5) is 10.5 Å². The smallest absolute Gasteiger partial charge is 0.339 e. The lowest BCUT2D eigenvalue weighted by Crippen LogP contribution is -2.57. The number of hydrogen-bond donors (Lipinski definition) is 0. The summed E-state index contributed by atoms with van der Waals surface area (Å²) in [4.78, 5) is 54.4. The predicted octanol–water partition coefficient (Wildman–Crippen LogP) is 3.91. The fourth-order valence-electron chi connectivity index (χ4n) is 4.37. The summed E-state index contributed by atoms with van der Waals surface area (Å²) >= 11 is 0. The third-order valence-corrected chi connectivity index (χ3v) is 6.19. The van der Waals surface area contributed by atoms with Crippen LogP contribution >= 0.6 is 0 Å². The van der Waals surface area contributed by atoms with Gasteiger partial charge in [-0.3, -0.25) is 14.5 Å². The average molecular weight is 502 g/mol. The van der Waals surface area contributed by atoms with Crippen LogP contribution in [0.15, 0.2) is 66.2 Å². The molecule has 1 aromatic heterocycles. The Morgan fingerprint density at radius 1 is 0.919 bits per heavy atom. The molecule has 0 spiro atoms. The number of nitrogens with zero attached hydrogens (tertiary/aromatic N) is 3. The molecular formula is C28H27N3O6. The molecule has 1 fully saturated rings. The molecule has 4 rings (SSSR count). The highest BCUT2D eigenvalue weighted by Crippen LogP contribution is 2.29. The molecule has 0 N–H and O–H groups in total. The molecule has 9 heteroatoms. The minimum Gasteiger partial charge on any atom is -0.465 e. The Balaban J connectivity index is 1.83. The fourth-order valence-corrected chi connectivity index (χ4v) is 4.37. The summed E-state index contributed by atoms with van der Waals surface area (Å²) in [5.74, 6) is -1.89. The summed E-state index contributed by atoms with van der Waals surface area (Å²) in [6.07, 6.45) is 1.49. The van der Waals surface area contributed by atoms with Crippen LogP contribution in [0.2, 0.25) is 0 Å². The third-order valence-electron chi connectivity index (χ3n) is 6.19. The van der Waals surface area contributed by atoms with Gasteiger partial charge in [0.05, 0.1) is 37.2 Å². The summed E-state index contributed by atoms with van der Waals surface area (Å²) in [6.45, 7) is 3.81. The van der Waals surface area contributed by atoms with Gasteiger partial charge in [0.1, 0.15) is 5.57 Å². The lowest BCUT2D eigenvalue weighted by atomic mass is 10.1. The van der Waals surface area contributed by atoms with Crippen LogP contribution in [0.25, 0.3) is 11.8 Å². The molecule has 2 heterocycles. The zero-order valence-corrected chi connectivity index (χ0v) is 21.1. The Hall–Kier alpha value is -4.50. The van der Waals surface area contributed by atoms with Crippen molar-refractivity contribution >= 4 is 35.6 Å². The summed E-state index contributed by atoms with van der Waals surface area (Å²) in [5.41, 5.74) is 3.28. The first-order valence-corrected chi connectivity index (χ1v) is 11.6. The molecule has 0 atom stereocenters. The number of hydrogen-bond acceptors (Lipinski definition) is 6. The van der Waals surface area contributed by atoms with Crippen molar-refractivity contribution in [3.05, 3.63) is 88.8 Å². The first-order chi connectivity index (χ1) is 17.8. The summed E-state index contributed by atoms with van der Waals surface area (Å²) in [7, 11) is 2.79. The minimum atomic E-state index is -0.729. The zero-order chi connectivity index (χ0) is 26.7. The van der Waals surface area contributed by atoms with Crippen LogP contribution in [-0.2, 0) is 19.1 Å². The second-order valence-electron chi connectivity index (χ2n) is 8.44. The van der Waals surface area contributed by atoms with Crippen molar-refractivity contribution < 1.29 is 28.7 Å². The fraction of sp³-hybridized carbons (Fsp3) is 0.214. The van der Waals surface area contributed by atoms with Crippen LogP contribution in [0.1, 0.15) is 27.3 Å². The van der Waals surface area contributed by atoms with E-state index in [9.17, 15) is 19.2 Å². The molecule has 190 valence electrons. The first kappa shape index (κ1) is 25.6. The number of para-hydroxylation sites is 2. The molecule has 9 nitrogen and oxygen atoms in total. The van der Waals surface area contributed by atoms with E-state index >= 15 is 0 Å². The van der Waals surface area contributed by atoms with Crippen LogP contribution in [0.3, 0.4) is 0 Å². The second-order valence-corrected chi connectivity index (χ2v) is 8.44. The molecule has 0 bridgehead atoms. The van der Waals surface area contributed by atoms with Gasteiger partial charge in [-0.05, 0) is 55.8 Å². The van der Waals surface area contributed by atoms with Gasteiger partial charge in [0.15, 0.2) is 0 Å². The molecule has 0 aliphatic carbocycles. The highest BCUT2D eigenvalue weighted by Gasteiger charge is 2.42. The number of amides is 4. The van der Waals surface area contributed by atoms with Gasteiger partial charge >= 0.3 is 12.0 Å². The highest BCUT2D eigenvalue weighted by atomic mass is 16.5. The van der Waals surface area contributed by atoms with E-state index in [1.807, 2.05) is 30.5 Å². The maximum absolute atomic E-state index is 13.5. The molecule has 1 saturated heterocycles. The van der Waals surface area contributed by atoms with E-state index in [0.717, 1.165) is 15.5 Å². The van der Waals surface area contributed by atoms with E-state index in [1.165, 1.54) is 20.3 Å². The lowest BCUT2D eigenvalue weighted by molar-refractivity contribution is -0.129. The normalized spacial score (nSPS) is 15.0. The number of imide groups is 2. The molecule has 1 aliphatic heterocycles. The number of rotatable bonds is 7. The van der Waals surface area contributed by atoms with Crippen LogP contribution in [-0.4, -0.2) is 60.7 Å². The maximum atomic E-state index is 13.5. The summed E-state index contributed by atoms with van der Waals surface area (Å²) < 4.78 is 11.9. The third kappa shape index (κ3) is 4.68. The molecular weight excluding hydrogens is 474 g/mol. The van der Waals surface area contributed by atoms with Crippen molar-refractivity contribution in [1.29, 1.82) is 0 Å². The summed E-state index contributed by atoms with van der Waals surface area (Å²) in [6, 6.07) is 16.6. The number of aryl methyl sites for hydroxylation is 1. The molecule has 37 heavy (non-hydrogen) atoms. The van der Waals surface area contributed by atoms with E-state index in [1.54, 1.807) is 48.5 Å². The van der Waals surface area contributed by atoms with Crippen molar-refractivity contribution in [1.82, 2.24) is 9.47 Å².